The lowest BCUT2D eigenvalue weighted by Crippen LogP contribution is -2.37. The molecule has 34 heavy (non-hydrogen) atoms. The maximum Gasteiger partial charge on any atom is 0.248 e. The molecule has 3 aromatic carbocycles. The molecule has 4 aromatic rings. The molecule has 6 heteroatoms. The summed E-state index contributed by atoms with van der Waals surface area (Å²) in [5, 5.41) is 4.10. The van der Waals surface area contributed by atoms with Crippen molar-refractivity contribution in [2.45, 2.75) is 26.4 Å². The third kappa shape index (κ3) is 6.86. The number of aromatic nitrogens is 2. The minimum Gasteiger partial charge on any atom is -0.367 e. The largest absolute Gasteiger partial charge is 0.367 e. The number of amides is 1. The van der Waals surface area contributed by atoms with E-state index in [9.17, 15) is 4.79 Å². The van der Waals surface area contributed by atoms with Crippen LogP contribution in [-0.4, -0.2) is 40.6 Å². The summed E-state index contributed by atoms with van der Waals surface area (Å²) in [7, 11) is 0. The molecule has 0 aliphatic carbocycles. The average molecular weight is 456 g/mol. The smallest absolute Gasteiger partial charge is 0.248 e. The zero-order chi connectivity index (χ0) is 23.6. The highest BCUT2D eigenvalue weighted by atomic mass is 16.5. The number of nitrogens with zero attached hydrogens (tertiary/aromatic N) is 3. The Labute approximate surface area is 200 Å². The lowest BCUT2D eigenvalue weighted by Gasteiger charge is -2.22. The van der Waals surface area contributed by atoms with E-state index in [4.69, 9.17) is 9.26 Å². The zero-order valence-corrected chi connectivity index (χ0v) is 19.4. The van der Waals surface area contributed by atoms with Gasteiger partial charge in [0.25, 0.3) is 0 Å². The van der Waals surface area contributed by atoms with Crippen LogP contribution in [0.1, 0.15) is 22.6 Å². The molecule has 1 heterocycles. The molecule has 0 aliphatic rings. The van der Waals surface area contributed by atoms with Crippen LogP contribution >= 0.6 is 0 Å². The second-order valence-corrected chi connectivity index (χ2v) is 8.22. The van der Waals surface area contributed by atoms with Gasteiger partial charge in [-0.05, 0) is 24.5 Å². The Kier molecular flexibility index (Phi) is 8.19. The fourth-order valence-corrected chi connectivity index (χ4v) is 3.60. The maximum atomic E-state index is 13.0. The summed E-state index contributed by atoms with van der Waals surface area (Å²) >= 11 is 0. The van der Waals surface area contributed by atoms with E-state index < -0.39 is 0 Å². The van der Waals surface area contributed by atoms with Crippen molar-refractivity contribution in [3.05, 3.63) is 108 Å². The average Bonchev–Trinajstić information content (AvgIpc) is 3.35. The van der Waals surface area contributed by atoms with E-state index >= 15 is 0 Å². The highest BCUT2D eigenvalue weighted by Gasteiger charge is 2.16. The van der Waals surface area contributed by atoms with Crippen LogP contribution in [0.15, 0.2) is 89.5 Å². The number of rotatable bonds is 11. The van der Waals surface area contributed by atoms with Gasteiger partial charge >= 0.3 is 0 Å². The fraction of sp³-hybridized carbons (Fsp3) is 0.250. The van der Waals surface area contributed by atoms with Gasteiger partial charge in [-0.1, -0.05) is 95.6 Å². The molecule has 1 aromatic heterocycles. The van der Waals surface area contributed by atoms with Gasteiger partial charge in [0.2, 0.25) is 17.6 Å². The van der Waals surface area contributed by atoms with Crippen molar-refractivity contribution in [3.8, 4) is 11.4 Å². The summed E-state index contributed by atoms with van der Waals surface area (Å²) in [6, 6.07) is 28.0. The molecule has 0 saturated heterocycles. The predicted octanol–water partition coefficient (Wildman–Crippen LogP) is 4.88. The topological polar surface area (TPSA) is 68.5 Å². The van der Waals surface area contributed by atoms with Crippen LogP contribution < -0.4 is 0 Å². The summed E-state index contributed by atoms with van der Waals surface area (Å²) in [5.74, 6) is 1.02. The van der Waals surface area contributed by atoms with Gasteiger partial charge in [-0.2, -0.15) is 4.98 Å². The monoisotopic (exact) mass is 455 g/mol. The molecular weight excluding hydrogens is 426 g/mol. The van der Waals surface area contributed by atoms with Gasteiger partial charge in [0.05, 0.1) is 6.61 Å². The molecular formula is C28H29N3O3. The molecule has 0 bridgehead atoms. The first-order valence-corrected chi connectivity index (χ1v) is 11.5. The van der Waals surface area contributed by atoms with E-state index in [-0.39, 0.29) is 12.5 Å². The van der Waals surface area contributed by atoms with Gasteiger partial charge in [-0.3, -0.25) is 4.79 Å². The number of benzene rings is 3. The van der Waals surface area contributed by atoms with Gasteiger partial charge in [-0.25, -0.2) is 0 Å². The highest BCUT2D eigenvalue weighted by Crippen LogP contribution is 2.16. The van der Waals surface area contributed by atoms with Gasteiger partial charge in [-0.15, -0.1) is 0 Å². The van der Waals surface area contributed by atoms with Crippen molar-refractivity contribution in [3.63, 3.8) is 0 Å². The Bertz CT molecular complexity index is 1160. The van der Waals surface area contributed by atoms with Crippen LogP contribution in [0.3, 0.4) is 0 Å². The van der Waals surface area contributed by atoms with Crippen LogP contribution in [0.2, 0.25) is 0 Å². The van der Waals surface area contributed by atoms with Gasteiger partial charge < -0.3 is 14.2 Å². The Morgan fingerprint density at radius 3 is 2.21 bits per heavy atom. The number of aryl methyl sites for hydroxylation is 1. The molecule has 0 spiro atoms. The van der Waals surface area contributed by atoms with Gasteiger partial charge in [0.15, 0.2) is 0 Å². The maximum absolute atomic E-state index is 13.0. The first-order valence-electron chi connectivity index (χ1n) is 11.5. The highest BCUT2D eigenvalue weighted by molar-refractivity contribution is 5.77. The lowest BCUT2D eigenvalue weighted by molar-refractivity contribution is -0.136. The van der Waals surface area contributed by atoms with Crippen LogP contribution in [0.4, 0.5) is 0 Å². The Morgan fingerprint density at radius 1 is 0.853 bits per heavy atom. The van der Waals surface area contributed by atoms with E-state index in [2.05, 4.69) is 22.3 Å². The van der Waals surface area contributed by atoms with Gasteiger partial charge in [0, 0.05) is 25.1 Å². The minimum absolute atomic E-state index is 0.0299. The molecule has 0 radical (unpaired) electrons. The Balaban J connectivity index is 1.36. The van der Waals surface area contributed by atoms with Crippen molar-refractivity contribution >= 4 is 5.91 Å². The summed E-state index contributed by atoms with van der Waals surface area (Å²) < 4.78 is 11.1. The lowest BCUT2D eigenvalue weighted by atomic mass is 10.1. The first-order chi connectivity index (χ1) is 16.7. The number of ether oxygens (including phenoxy) is 1. The third-order valence-corrected chi connectivity index (χ3v) is 5.58. The molecule has 0 N–H and O–H groups in total. The van der Waals surface area contributed by atoms with Crippen molar-refractivity contribution in [2.24, 2.45) is 0 Å². The SMILES string of the molecule is Cc1ccc(-c2noc(CCN(CCc3ccccc3)C(=O)COCc3ccccc3)n2)cc1. The summed E-state index contributed by atoms with van der Waals surface area (Å²) in [4.78, 5) is 19.3. The number of hydrogen-bond donors (Lipinski definition) is 0. The second-order valence-electron chi connectivity index (χ2n) is 8.22. The number of carbonyl (C=O) groups excluding carboxylic acids is 1. The second kappa shape index (κ2) is 11.9. The number of carbonyl (C=O) groups is 1. The molecule has 0 atom stereocenters. The molecule has 1 amide bonds. The van der Waals surface area contributed by atoms with Crippen LogP contribution in [0, 0.1) is 6.92 Å². The summed E-state index contributed by atoms with van der Waals surface area (Å²) in [6.07, 6.45) is 1.25. The quantitative estimate of drug-likeness (QED) is 0.323. The van der Waals surface area contributed by atoms with Crippen LogP contribution in [0.25, 0.3) is 11.4 Å². The molecule has 0 aliphatic heterocycles. The van der Waals surface area contributed by atoms with Crippen LogP contribution in [-0.2, 0) is 29.0 Å². The van der Waals surface area contributed by atoms with Crippen molar-refractivity contribution in [2.75, 3.05) is 19.7 Å². The zero-order valence-electron chi connectivity index (χ0n) is 19.4. The van der Waals surface area contributed by atoms with E-state index in [0.29, 0.717) is 37.8 Å². The minimum atomic E-state index is -0.0508. The first kappa shape index (κ1) is 23.4. The van der Waals surface area contributed by atoms with E-state index in [1.54, 1.807) is 0 Å². The normalized spacial score (nSPS) is 10.9. The molecule has 6 nitrogen and oxygen atoms in total. The van der Waals surface area contributed by atoms with Gasteiger partial charge in [0.1, 0.15) is 6.61 Å². The third-order valence-electron chi connectivity index (χ3n) is 5.58. The van der Waals surface area contributed by atoms with E-state index in [0.717, 1.165) is 17.5 Å². The Morgan fingerprint density at radius 2 is 1.50 bits per heavy atom. The van der Waals surface area contributed by atoms with Crippen LogP contribution in [0.5, 0.6) is 0 Å². The van der Waals surface area contributed by atoms with Crippen molar-refractivity contribution in [1.29, 1.82) is 0 Å². The molecule has 4 rings (SSSR count). The predicted molar refractivity (Wildman–Crippen MR) is 131 cm³/mol. The summed E-state index contributed by atoms with van der Waals surface area (Å²) in [5.41, 5.74) is 4.31. The number of hydrogen-bond acceptors (Lipinski definition) is 5. The Hall–Kier alpha value is -3.77. The van der Waals surface area contributed by atoms with E-state index in [1.165, 1.54) is 11.1 Å². The van der Waals surface area contributed by atoms with E-state index in [1.807, 2.05) is 84.6 Å². The fourth-order valence-electron chi connectivity index (χ4n) is 3.60. The summed E-state index contributed by atoms with van der Waals surface area (Å²) in [6.45, 7) is 3.55. The molecule has 0 fully saturated rings. The van der Waals surface area contributed by atoms with Crippen molar-refractivity contribution in [1.82, 2.24) is 15.0 Å². The molecule has 0 saturated carbocycles. The molecule has 0 unspecified atom stereocenters. The standard InChI is InChI=1S/C28H29N3O3/c1-22-12-14-25(15-13-22)28-29-26(34-30-28)17-19-31(18-16-23-8-4-2-5-9-23)27(32)21-33-20-24-10-6-3-7-11-24/h2-15H,16-21H2,1H3. The molecule has 174 valence electrons. The van der Waals surface area contributed by atoms with Crippen molar-refractivity contribution < 1.29 is 14.1 Å².